The first-order valence-electron chi connectivity index (χ1n) is 21.4. The molecule has 0 bridgehead atoms. The predicted molar refractivity (Wildman–Crippen MR) is 248 cm³/mol. The van der Waals surface area contributed by atoms with E-state index < -0.39 is 12.2 Å². The number of allylic oxidation sites excluding steroid dienone is 4. The van der Waals surface area contributed by atoms with Gasteiger partial charge in [0.25, 0.3) is 0 Å². The number of hydrogen-bond donors (Lipinski definition) is 6. The van der Waals surface area contributed by atoms with Crippen LogP contribution in [0, 0.1) is 49.4 Å². The van der Waals surface area contributed by atoms with Gasteiger partial charge >= 0.3 is 365 Å². The van der Waals surface area contributed by atoms with Gasteiger partial charge in [0.2, 0.25) is 0 Å². The van der Waals surface area contributed by atoms with E-state index in [1.807, 2.05) is 12.2 Å². The molecule has 0 saturated heterocycles. The number of hydrogen-bond acceptors (Lipinski definition) is 8. The molecule has 57 heavy (non-hydrogen) atoms. The molecule has 0 spiro atoms. The van der Waals surface area contributed by atoms with E-state index in [4.69, 9.17) is 25.2 Å². The van der Waals surface area contributed by atoms with Gasteiger partial charge in [0.15, 0.2) is 0 Å². The molecule has 2 aromatic heterocycles. The molecule has 0 aromatic carbocycles. The van der Waals surface area contributed by atoms with Crippen LogP contribution in [0.15, 0.2) is 59.1 Å². The summed E-state index contributed by atoms with van der Waals surface area (Å²) in [6, 6.07) is 6.39. The predicted octanol–water partition coefficient (Wildman–Crippen LogP) is 8.18. The molecule has 0 amide bonds. The normalized spacial score (nSPS) is 26.0. The molecule has 10 atom stereocenters. The van der Waals surface area contributed by atoms with Crippen molar-refractivity contribution in [2.75, 3.05) is 13.2 Å². The maximum absolute atomic E-state index is 10.5. The summed E-state index contributed by atoms with van der Waals surface area (Å²) in [5.74, 6) is 4.41. The van der Waals surface area contributed by atoms with Crippen LogP contribution in [-0.4, -0.2) is 95.2 Å². The maximum atomic E-state index is 10.5. The second-order valence-electron chi connectivity index (χ2n) is 16.1. The van der Waals surface area contributed by atoms with Gasteiger partial charge in [-0.3, -0.25) is 0 Å². The van der Waals surface area contributed by atoms with E-state index in [0.717, 1.165) is 81.5 Å². The molecule has 11 heteroatoms. The topological polar surface area (TPSA) is 121 Å². The first-order valence-corrected chi connectivity index (χ1v) is 23.8. The SMILES string of the molecule is [B]=C[C@@H]1CC(O)[C@H](C/C=C\CCCCO)[C@H]1/C=C/[C@@H](O)CCc1ccc(C)s1.[B]=C[C@@H]1CC(O)[C@H](CCCCCCCO)[C@H]1/C=C/[C@@H](O)CCc1cc(Br)c(C)s1. The van der Waals surface area contributed by atoms with E-state index in [1.165, 1.54) is 19.5 Å². The Hall–Kier alpha value is -1.27. The Bertz CT molecular complexity index is 1490. The number of aliphatic hydroxyl groups is 6. The van der Waals surface area contributed by atoms with Crippen molar-refractivity contribution in [1.82, 2.24) is 0 Å². The van der Waals surface area contributed by atoms with Gasteiger partial charge in [0.1, 0.15) is 0 Å². The number of unbranched alkanes of at least 4 members (excludes halogenated alkanes) is 6. The summed E-state index contributed by atoms with van der Waals surface area (Å²) >= 11 is 7.10. The second-order valence-corrected chi connectivity index (χ2v) is 19.7. The van der Waals surface area contributed by atoms with Gasteiger partial charge in [-0.25, -0.2) is 0 Å². The molecule has 314 valence electrons. The molecular weight excluding hydrogens is 814 g/mol. The Morgan fingerprint density at radius 2 is 1.30 bits per heavy atom. The van der Waals surface area contributed by atoms with E-state index >= 15 is 0 Å². The summed E-state index contributed by atoms with van der Waals surface area (Å²) in [5, 5.41) is 59.5. The summed E-state index contributed by atoms with van der Waals surface area (Å²) in [6.07, 6.45) is 25.0. The minimum absolute atomic E-state index is 0.127. The fourth-order valence-corrected chi connectivity index (χ4v) is 10.9. The molecule has 2 unspecified atom stereocenters. The van der Waals surface area contributed by atoms with Gasteiger partial charge in [-0.2, -0.15) is 0 Å². The molecule has 2 aromatic rings. The third-order valence-corrected chi connectivity index (χ3v) is 15.0. The van der Waals surface area contributed by atoms with Crippen LogP contribution in [0.5, 0.6) is 0 Å². The van der Waals surface area contributed by atoms with Crippen LogP contribution in [0.4, 0.5) is 0 Å². The third kappa shape index (κ3) is 18.1. The van der Waals surface area contributed by atoms with E-state index in [-0.39, 0.29) is 60.9 Å². The second kappa shape index (κ2) is 28.3. The van der Waals surface area contributed by atoms with Crippen LogP contribution >= 0.6 is 38.6 Å². The van der Waals surface area contributed by atoms with Crippen molar-refractivity contribution in [3.05, 3.63) is 78.6 Å². The van der Waals surface area contributed by atoms with Crippen molar-refractivity contribution in [2.45, 2.75) is 141 Å². The zero-order valence-corrected chi connectivity index (χ0v) is 37.6. The van der Waals surface area contributed by atoms with Crippen LogP contribution < -0.4 is 0 Å². The molecule has 2 fully saturated rings. The Balaban J connectivity index is 0.000000306. The van der Waals surface area contributed by atoms with E-state index in [9.17, 15) is 20.4 Å². The van der Waals surface area contributed by atoms with Crippen LogP contribution in [0.25, 0.3) is 0 Å². The van der Waals surface area contributed by atoms with Crippen molar-refractivity contribution in [1.29, 1.82) is 0 Å². The quantitative estimate of drug-likeness (QED) is 0.0340. The van der Waals surface area contributed by atoms with Crippen LogP contribution in [0.2, 0.25) is 0 Å². The average molecular weight is 884 g/mol. The molecule has 2 radical (unpaired) electrons. The number of thiophene rings is 2. The molecular formula is C46H69B2BrO6S2. The summed E-state index contributed by atoms with van der Waals surface area (Å²) in [6.45, 7) is 4.70. The first-order chi connectivity index (χ1) is 27.5. The van der Waals surface area contributed by atoms with Crippen molar-refractivity contribution in [3.63, 3.8) is 0 Å². The summed E-state index contributed by atoms with van der Waals surface area (Å²) < 4.78 is 1.14. The Kier molecular flexibility index (Phi) is 24.9. The Morgan fingerprint density at radius 3 is 1.86 bits per heavy atom. The molecule has 6 N–H and O–H groups in total. The van der Waals surface area contributed by atoms with Gasteiger partial charge < -0.3 is 0 Å². The summed E-state index contributed by atoms with van der Waals surface area (Å²) in [7, 11) is 11.7. The van der Waals surface area contributed by atoms with Crippen LogP contribution in [0.3, 0.4) is 0 Å². The first kappa shape index (κ1) is 50.1. The monoisotopic (exact) mass is 882 g/mol. The molecule has 2 heterocycles. The molecule has 2 aliphatic carbocycles. The van der Waals surface area contributed by atoms with Crippen molar-refractivity contribution in [2.24, 2.45) is 35.5 Å². The summed E-state index contributed by atoms with van der Waals surface area (Å²) in [5.41, 5.74) is 0. The van der Waals surface area contributed by atoms with Gasteiger partial charge in [0.05, 0.1) is 0 Å². The molecule has 4 rings (SSSR count). The molecule has 6 nitrogen and oxygen atoms in total. The zero-order chi connectivity index (χ0) is 41.6. The number of aryl methyl sites for hydroxylation is 4. The molecule has 2 saturated carbocycles. The van der Waals surface area contributed by atoms with Crippen LogP contribution in [-0.2, 0) is 12.8 Å². The van der Waals surface area contributed by atoms with E-state index in [1.54, 1.807) is 34.6 Å². The van der Waals surface area contributed by atoms with E-state index in [2.05, 4.69) is 72.3 Å². The minimum atomic E-state index is -0.480. The van der Waals surface area contributed by atoms with Gasteiger partial charge in [-0.05, 0) is 0 Å². The molecule has 0 aliphatic heterocycles. The fraction of sp³-hybridized carbons (Fsp3) is 0.652. The van der Waals surface area contributed by atoms with Gasteiger partial charge in [0, 0.05) is 0 Å². The number of rotatable bonds is 25. The molecule has 2 aliphatic rings. The zero-order valence-electron chi connectivity index (χ0n) is 34.4. The van der Waals surface area contributed by atoms with Gasteiger partial charge in [-0.1, -0.05) is 0 Å². The Labute approximate surface area is 362 Å². The van der Waals surface area contributed by atoms with Crippen LogP contribution in [0.1, 0.15) is 109 Å². The van der Waals surface area contributed by atoms with Crippen molar-refractivity contribution in [3.8, 4) is 0 Å². The van der Waals surface area contributed by atoms with Gasteiger partial charge in [-0.15, -0.1) is 0 Å². The standard InChI is InChI=1S/C23H35BBrO3S.C23H34BO3S/c1-16-22(25)14-19(29-16)10-8-18(27)9-11-20-17(15-24)13-23(28)21(20)7-5-3-2-4-6-12-26;1-17-8-11-20(28-17)12-9-19(26)10-13-21-18(16-24)15-23(27)22(21)7-5-3-2-4-6-14-25/h9,11,14-15,17-18,20-21,23,26-28H,2-8,10,12-13H2,1H3;3,5,8,10-11,13,16,18-19,21-23,25-27H,2,4,6-7,9,12,14-15H2,1H3/b11-9+;5-3-,13-10+/t17-,18-,20-,21+,23?;18-,19-,21-,22+,23?/m00/s1. The number of aliphatic hydroxyl groups excluding tert-OH is 6. The third-order valence-electron chi connectivity index (χ3n) is 11.7. The van der Waals surface area contributed by atoms with Crippen molar-refractivity contribution < 1.29 is 30.6 Å². The number of halogens is 1. The Morgan fingerprint density at radius 1 is 0.737 bits per heavy atom. The van der Waals surface area contributed by atoms with Crippen molar-refractivity contribution >= 4 is 65.5 Å². The average Bonchev–Trinajstić information content (AvgIpc) is 3.94. The van der Waals surface area contributed by atoms with E-state index in [0.29, 0.717) is 25.7 Å². The summed E-state index contributed by atoms with van der Waals surface area (Å²) in [4.78, 5) is 5.16. The fourth-order valence-electron chi connectivity index (χ4n) is 8.37.